The normalized spacial score (nSPS) is 10.4. The van der Waals surface area contributed by atoms with Crippen molar-refractivity contribution < 1.29 is 9.90 Å². The number of benzene rings is 2. The zero-order valence-corrected chi connectivity index (χ0v) is 12.4. The van der Waals surface area contributed by atoms with Gasteiger partial charge in [0.25, 0.3) is 0 Å². The molecule has 0 saturated carbocycles. The first-order valence-electron chi connectivity index (χ1n) is 5.58. The van der Waals surface area contributed by atoms with Gasteiger partial charge in [-0.05, 0) is 42.0 Å². The van der Waals surface area contributed by atoms with Gasteiger partial charge in [-0.25, -0.2) is 0 Å². The predicted molar refractivity (Wildman–Crippen MR) is 80.5 cm³/mol. The van der Waals surface area contributed by atoms with E-state index in [0.29, 0.717) is 0 Å². The highest BCUT2D eigenvalue weighted by Crippen LogP contribution is 2.31. The molecule has 3 N–H and O–H groups in total. The van der Waals surface area contributed by atoms with Crippen LogP contribution in [-0.2, 0) is 11.2 Å². The van der Waals surface area contributed by atoms with Crippen molar-refractivity contribution in [2.45, 2.75) is 16.2 Å². The van der Waals surface area contributed by atoms with Crippen molar-refractivity contribution in [3.05, 3.63) is 52.5 Å². The Balaban J connectivity index is 2.15. The lowest BCUT2D eigenvalue weighted by Crippen LogP contribution is -2.00. The highest BCUT2D eigenvalue weighted by atomic mass is 79.9. The second-order valence-electron chi connectivity index (χ2n) is 3.99. The SMILES string of the molecule is Nc1ccc(Sc2ccc(CC(=O)O)c(Br)c2)cc1. The Bertz CT molecular complexity index is 599. The first-order valence-corrected chi connectivity index (χ1v) is 7.19. The van der Waals surface area contributed by atoms with E-state index in [2.05, 4.69) is 15.9 Å². The highest BCUT2D eigenvalue weighted by Gasteiger charge is 2.06. The molecule has 2 aromatic carbocycles. The summed E-state index contributed by atoms with van der Waals surface area (Å²) >= 11 is 5.01. The maximum absolute atomic E-state index is 10.7. The third-order valence-corrected chi connectivity index (χ3v) is 4.22. The lowest BCUT2D eigenvalue weighted by molar-refractivity contribution is -0.136. The fourth-order valence-corrected chi connectivity index (χ4v) is 3.10. The Morgan fingerprint density at radius 1 is 1.16 bits per heavy atom. The Labute approximate surface area is 124 Å². The van der Waals surface area contributed by atoms with Crippen molar-refractivity contribution in [1.82, 2.24) is 0 Å². The van der Waals surface area contributed by atoms with Gasteiger partial charge in [0.1, 0.15) is 0 Å². The molecule has 0 saturated heterocycles. The van der Waals surface area contributed by atoms with Crippen molar-refractivity contribution >= 4 is 39.3 Å². The van der Waals surface area contributed by atoms with Crippen LogP contribution in [0.1, 0.15) is 5.56 Å². The van der Waals surface area contributed by atoms with Gasteiger partial charge < -0.3 is 10.8 Å². The van der Waals surface area contributed by atoms with Gasteiger partial charge in [0.05, 0.1) is 6.42 Å². The molecular weight excluding hydrogens is 326 g/mol. The number of rotatable bonds is 4. The fraction of sp³-hybridized carbons (Fsp3) is 0.0714. The highest BCUT2D eigenvalue weighted by molar-refractivity contribution is 9.10. The van der Waals surface area contributed by atoms with E-state index in [0.717, 1.165) is 25.5 Å². The van der Waals surface area contributed by atoms with Crippen LogP contribution in [0, 0.1) is 0 Å². The van der Waals surface area contributed by atoms with Crippen LogP contribution in [0.15, 0.2) is 56.7 Å². The van der Waals surface area contributed by atoms with Crippen molar-refractivity contribution in [2.75, 3.05) is 5.73 Å². The average Bonchev–Trinajstić information content (AvgIpc) is 2.35. The maximum atomic E-state index is 10.7. The molecule has 5 heteroatoms. The predicted octanol–water partition coefficient (Wildman–Crippen LogP) is 3.81. The molecule has 3 nitrogen and oxygen atoms in total. The molecule has 0 aromatic heterocycles. The number of hydrogen-bond donors (Lipinski definition) is 2. The van der Waals surface area contributed by atoms with E-state index in [9.17, 15) is 4.79 Å². The molecule has 0 unspecified atom stereocenters. The molecule has 0 aliphatic carbocycles. The summed E-state index contributed by atoms with van der Waals surface area (Å²) in [6.45, 7) is 0. The summed E-state index contributed by atoms with van der Waals surface area (Å²) in [6, 6.07) is 13.3. The first kappa shape index (κ1) is 14.0. The van der Waals surface area contributed by atoms with Gasteiger partial charge >= 0.3 is 5.97 Å². The third-order valence-electron chi connectivity index (χ3n) is 2.48. The van der Waals surface area contributed by atoms with Crippen LogP contribution in [-0.4, -0.2) is 11.1 Å². The average molecular weight is 338 g/mol. The summed E-state index contributed by atoms with van der Waals surface area (Å²) in [6.07, 6.45) is 0.0212. The minimum atomic E-state index is -0.834. The number of anilines is 1. The molecule has 0 spiro atoms. The Morgan fingerprint density at radius 3 is 2.37 bits per heavy atom. The van der Waals surface area contributed by atoms with Gasteiger partial charge in [0, 0.05) is 20.0 Å². The smallest absolute Gasteiger partial charge is 0.307 e. The molecule has 0 bridgehead atoms. The molecule has 2 aromatic rings. The number of halogens is 1. The monoisotopic (exact) mass is 337 g/mol. The lowest BCUT2D eigenvalue weighted by atomic mass is 10.1. The van der Waals surface area contributed by atoms with Crippen LogP contribution in [0.25, 0.3) is 0 Å². The van der Waals surface area contributed by atoms with Crippen LogP contribution in [0.2, 0.25) is 0 Å². The minimum absolute atomic E-state index is 0.0212. The molecule has 19 heavy (non-hydrogen) atoms. The van der Waals surface area contributed by atoms with Gasteiger partial charge in [0.2, 0.25) is 0 Å². The summed E-state index contributed by atoms with van der Waals surface area (Å²) in [5.74, 6) is -0.834. The summed E-state index contributed by atoms with van der Waals surface area (Å²) in [4.78, 5) is 12.8. The van der Waals surface area contributed by atoms with E-state index in [1.54, 1.807) is 11.8 Å². The van der Waals surface area contributed by atoms with Crippen LogP contribution in [0.4, 0.5) is 5.69 Å². The van der Waals surface area contributed by atoms with Crippen molar-refractivity contribution in [1.29, 1.82) is 0 Å². The molecule has 0 atom stereocenters. The van der Waals surface area contributed by atoms with Crippen LogP contribution < -0.4 is 5.73 Å². The van der Waals surface area contributed by atoms with Crippen LogP contribution in [0.5, 0.6) is 0 Å². The molecule has 2 rings (SSSR count). The van der Waals surface area contributed by atoms with Crippen molar-refractivity contribution in [3.63, 3.8) is 0 Å². The summed E-state index contributed by atoms with van der Waals surface area (Å²) < 4.78 is 0.815. The zero-order chi connectivity index (χ0) is 13.8. The lowest BCUT2D eigenvalue weighted by Gasteiger charge is -2.06. The fourth-order valence-electron chi connectivity index (χ4n) is 1.57. The maximum Gasteiger partial charge on any atom is 0.307 e. The number of aliphatic carboxylic acids is 1. The van der Waals surface area contributed by atoms with E-state index in [4.69, 9.17) is 10.8 Å². The van der Waals surface area contributed by atoms with Crippen LogP contribution in [0.3, 0.4) is 0 Å². The molecule has 0 aliphatic rings. The van der Waals surface area contributed by atoms with Gasteiger partial charge in [-0.3, -0.25) is 4.79 Å². The molecule has 0 fully saturated rings. The van der Waals surface area contributed by atoms with E-state index in [1.807, 2.05) is 42.5 Å². The third kappa shape index (κ3) is 4.01. The molecule has 98 valence electrons. The molecule has 0 radical (unpaired) electrons. The Hall–Kier alpha value is -1.46. The zero-order valence-electron chi connectivity index (χ0n) is 9.97. The van der Waals surface area contributed by atoms with Crippen molar-refractivity contribution in [2.24, 2.45) is 0 Å². The Morgan fingerprint density at radius 2 is 1.79 bits per heavy atom. The second kappa shape index (κ2) is 6.12. The molecule has 0 amide bonds. The summed E-state index contributed by atoms with van der Waals surface area (Å²) in [7, 11) is 0. The van der Waals surface area contributed by atoms with Gasteiger partial charge in [-0.2, -0.15) is 0 Å². The standard InChI is InChI=1S/C14H12BrNO2S/c15-13-8-12(4-1-9(13)7-14(17)18)19-11-5-2-10(16)3-6-11/h1-6,8H,7,16H2,(H,17,18). The van der Waals surface area contributed by atoms with Gasteiger partial charge in [0.15, 0.2) is 0 Å². The molecular formula is C14H12BrNO2S. The Kier molecular flexibility index (Phi) is 4.50. The van der Waals surface area contributed by atoms with Gasteiger partial charge in [-0.15, -0.1) is 0 Å². The number of carboxylic acids is 1. The molecule has 0 heterocycles. The summed E-state index contributed by atoms with van der Waals surface area (Å²) in [5.41, 5.74) is 7.15. The van der Waals surface area contributed by atoms with Crippen LogP contribution >= 0.6 is 27.7 Å². The first-order chi connectivity index (χ1) is 9.04. The number of nitrogen functional groups attached to an aromatic ring is 1. The number of nitrogens with two attached hydrogens (primary N) is 1. The topological polar surface area (TPSA) is 63.3 Å². The number of carboxylic acid groups (broad SMARTS) is 1. The van der Waals surface area contributed by atoms with E-state index in [1.165, 1.54) is 0 Å². The van der Waals surface area contributed by atoms with E-state index >= 15 is 0 Å². The second-order valence-corrected chi connectivity index (χ2v) is 6.00. The largest absolute Gasteiger partial charge is 0.481 e. The quantitative estimate of drug-likeness (QED) is 0.832. The number of carbonyl (C=O) groups is 1. The number of hydrogen-bond acceptors (Lipinski definition) is 3. The molecule has 0 aliphatic heterocycles. The summed E-state index contributed by atoms with van der Waals surface area (Å²) in [5, 5.41) is 8.78. The van der Waals surface area contributed by atoms with Gasteiger partial charge in [-0.1, -0.05) is 33.8 Å². The van der Waals surface area contributed by atoms with Crippen molar-refractivity contribution in [3.8, 4) is 0 Å². The van der Waals surface area contributed by atoms with E-state index < -0.39 is 5.97 Å². The van der Waals surface area contributed by atoms with E-state index in [-0.39, 0.29) is 6.42 Å². The minimum Gasteiger partial charge on any atom is -0.481 e.